The lowest BCUT2D eigenvalue weighted by atomic mass is 10.2. The maximum absolute atomic E-state index is 5.54. The van der Waals surface area contributed by atoms with Gasteiger partial charge in [-0.3, -0.25) is 4.99 Å². The quantitative estimate of drug-likeness (QED) is 0.453. The summed E-state index contributed by atoms with van der Waals surface area (Å²) in [7, 11) is 5.00. The lowest BCUT2D eigenvalue weighted by Crippen LogP contribution is -2.33. The van der Waals surface area contributed by atoms with Crippen molar-refractivity contribution in [3.8, 4) is 11.5 Å². The molecule has 0 fully saturated rings. The number of anilines is 1. The zero-order valence-corrected chi connectivity index (χ0v) is 12.5. The SMILES string of the molecule is CCOc1cc(NC(=NC)NCCOC)ccc1OC. The number of rotatable bonds is 7. The first-order valence-electron chi connectivity index (χ1n) is 6.52. The molecule has 0 spiro atoms. The van der Waals surface area contributed by atoms with Gasteiger partial charge in [-0.2, -0.15) is 0 Å². The van der Waals surface area contributed by atoms with E-state index in [1.165, 1.54) is 0 Å². The van der Waals surface area contributed by atoms with Crippen LogP contribution < -0.4 is 20.1 Å². The summed E-state index contributed by atoms with van der Waals surface area (Å²) in [4.78, 5) is 4.14. The molecule has 0 atom stereocenters. The van der Waals surface area contributed by atoms with E-state index in [2.05, 4.69) is 15.6 Å². The molecule has 1 aromatic carbocycles. The molecule has 112 valence electrons. The summed E-state index contributed by atoms with van der Waals surface area (Å²) < 4.78 is 15.8. The van der Waals surface area contributed by atoms with Crippen molar-refractivity contribution in [2.24, 2.45) is 4.99 Å². The van der Waals surface area contributed by atoms with E-state index < -0.39 is 0 Å². The zero-order chi connectivity index (χ0) is 14.8. The predicted molar refractivity (Wildman–Crippen MR) is 81.0 cm³/mol. The van der Waals surface area contributed by atoms with Crippen molar-refractivity contribution in [3.05, 3.63) is 18.2 Å². The molecule has 0 bridgehead atoms. The van der Waals surface area contributed by atoms with Crippen LogP contribution in [0, 0.1) is 0 Å². The Morgan fingerprint density at radius 3 is 2.65 bits per heavy atom. The molecule has 1 aromatic rings. The number of methoxy groups -OCH3 is 2. The van der Waals surface area contributed by atoms with E-state index in [9.17, 15) is 0 Å². The lowest BCUT2D eigenvalue weighted by molar-refractivity contribution is 0.204. The fourth-order valence-corrected chi connectivity index (χ4v) is 1.61. The van der Waals surface area contributed by atoms with E-state index in [1.807, 2.05) is 25.1 Å². The van der Waals surface area contributed by atoms with Crippen molar-refractivity contribution in [3.63, 3.8) is 0 Å². The van der Waals surface area contributed by atoms with E-state index in [1.54, 1.807) is 21.3 Å². The molecule has 0 aliphatic rings. The predicted octanol–water partition coefficient (Wildman–Crippen LogP) is 1.73. The van der Waals surface area contributed by atoms with E-state index in [4.69, 9.17) is 14.2 Å². The van der Waals surface area contributed by atoms with Crippen molar-refractivity contribution in [1.82, 2.24) is 5.32 Å². The van der Waals surface area contributed by atoms with Gasteiger partial charge in [0, 0.05) is 32.5 Å². The maximum atomic E-state index is 5.54. The number of benzene rings is 1. The second-order valence-electron chi connectivity index (χ2n) is 3.92. The van der Waals surface area contributed by atoms with Gasteiger partial charge in [-0.05, 0) is 19.1 Å². The highest BCUT2D eigenvalue weighted by molar-refractivity contribution is 5.93. The molecule has 0 amide bonds. The Bertz CT molecular complexity index is 436. The van der Waals surface area contributed by atoms with E-state index >= 15 is 0 Å². The zero-order valence-electron chi connectivity index (χ0n) is 12.5. The molecule has 0 heterocycles. The minimum atomic E-state index is 0.584. The summed E-state index contributed by atoms with van der Waals surface area (Å²) in [6.07, 6.45) is 0. The smallest absolute Gasteiger partial charge is 0.195 e. The monoisotopic (exact) mass is 281 g/mol. The van der Waals surface area contributed by atoms with Crippen molar-refractivity contribution in [2.75, 3.05) is 46.3 Å². The van der Waals surface area contributed by atoms with Crippen LogP contribution in [0.1, 0.15) is 6.92 Å². The Balaban J connectivity index is 2.73. The molecule has 1 rings (SSSR count). The molecule has 0 saturated heterocycles. The molecule has 0 unspecified atom stereocenters. The molecule has 20 heavy (non-hydrogen) atoms. The van der Waals surface area contributed by atoms with Gasteiger partial charge in [0.05, 0.1) is 20.3 Å². The molecule has 0 radical (unpaired) electrons. The molecular weight excluding hydrogens is 258 g/mol. The van der Waals surface area contributed by atoms with Crippen LogP contribution in [0.3, 0.4) is 0 Å². The van der Waals surface area contributed by atoms with Crippen LogP contribution in [0.25, 0.3) is 0 Å². The van der Waals surface area contributed by atoms with Crippen LogP contribution >= 0.6 is 0 Å². The van der Waals surface area contributed by atoms with Gasteiger partial charge in [0.2, 0.25) is 0 Å². The van der Waals surface area contributed by atoms with Gasteiger partial charge in [-0.15, -0.1) is 0 Å². The normalized spacial score (nSPS) is 11.1. The largest absolute Gasteiger partial charge is 0.493 e. The average molecular weight is 281 g/mol. The third kappa shape index (κ3) is 4.97. The first-order valence-corrected chi connectivity index (χ1v) is 6.52. The second-order valence-corrected chi connectivity index (χ2v) is 3.92. The van der Waals surface area contributed by atoms with Crippen molar-refractivity contribution in [2.45, 2.75) is 6.92 Å². The fourth-order valence-electron chi connectivity index (χ4n) is 1.61. The van der Waals surface area contributed by atoms with E-state index in [0.29, 0.717) is 37.2 Å². The minimum absolute atomic E-state index is 0.584. The van der Waals surface area contributed by atoms with Crippen molar-refractivity contribution < 1.29 is 14.2 Å². The van der Waals surface area contributed by atoms with Gasteiger partial charge >= 0.3 is 0 Å². The van der Waals surface area contributed by atoms with Crippen LogP contribution in [-0.2, 0) is 4.74 Å². The topological polar surface area (TPSA) is 64.1 Å². The number of nitrogens with zero attached hydrogens (tertiary/aromatic N) is 1. The number of nitrogens with one attached hydrogen (secondary N) is 2. The number of guanidine groups is 1. The second kappa shape index (κ2) is 9.03. The summed E-state index contributed by atoms with van der Waals surface area (Å²) in [5, 5.41) is 6.33. The summed E-state index contributed by atoms with van der Waals surface area (Å²) in [6.45, 7) is 3.82. The Labute approximate surface area is 120 Å². The maximum Gasteiger partial charge on any atom is 0.195 e. The molecule has 2 N–H and O–H groups in total. The Hall–Kier alpha value is -1.95. The van der Waals surface area contributed by atoms with Gasteiger partial charge in [-0.25, -0.2) is 0 Å². The highest BCUT2D eigenvalue weighted by Crippen LogP contribution is 2.30. The highest BCUT2D eigenvalue weighted by Gasteiger charge is 2.06. The molecule has 0 saturated carbocycles. The summed E-state index contributed by atoms with van der Waals surface area (Å²) in [5.74, 6) is 2.08. The Morgan fingerprint density at radius 2 is 2.05 bits per heavy atom. The van der Waals surface area contributed by atoms with Gasteiger partial charge in [0.1, 0.15) is 0 Å². The average Bonchev–Trinajstić information content (AvgIpc) is 2.47. The van der Waals surface area contributed by atoms with Crippen LogP contribution in [0.5, 0.6) is 11.5 Å². The van der Waals surface area contributed by atoms with Crippen LogP contribution in [0.2, 0.25) is 0 Å². The molecule has 6 heteroatoms. The van der Waals surface area contributed by atoms with Crippen LogP contribution in [-0.4, -0.2) is 47.0 Å². The van der Waals surface area contributed by atoms with Crippen LogP contribution in [0.15, 0.2) is 23.2 Å². The lowest BCUT2D eigenvalue weighted by Gasteiger charge is -2.14. The molecule has 0 aliphatic carbocycles. The molecule has 0 aliphatic heterocycles. The summed E-state index contributed by atoms with van der Waals surface area (Å²) >= 11 is 0. The number of ether oxygens (including phenoxy) is 3. The summed E-state index contributed by atoms with van der Waals surface area (Å²) in [5.41, 5.74) is 0.875. The number of hydrogen-bond acceptors (Lipinski definition) is 4. The highest BCUT2D eigenvalue weighted by atomic mass is 16.5. The third-order valence-corrected chi connectivity index (χ3v) is 2.55. The Kier molecular flexibility index (Phi) is 7.27. The standard InChI is InChI=1S/C14H23N3O3/c1-5-20-13-10-11(6-7-12(13)19-4)17-14(15-2)16-8-9-18-3/h6-7,10H,5,8-9H2,1-4H3,(H2,15,16,17). The summed E-state index contributed by atoms with van der Waals surface area (Å²) in [6, 6.07) is 5.64. The van der Waals surface area contributed by atoms with Gasteiger partial charge in [0.15, 0.2) is 17.5 Å². The molecular formula is C14H23N3O3. The van der Waals surface area contributed by atoms with Gasteiger partial charge in [-0.1, -0.05) is 0 Å². The first-order chi connectivity index (χ1) is 9.74. The van der Waals surface area contributed by atoms with Crippen molar-refractivity contribution >= 4 is 11.6 Å². The number of hydrogen-bond donors (Lipinski definition) is 2. The molecule has 6 nitrogen and oxygen atoms in total. The minimum Gasteiger partial charge on any atom is -0.493 e. The van der Waals surface area contributed by atoms with E-state index in [0.717, 1.165) is 5.69 Å². The fraction of sp³-hybridized carbons (Fsp3) is 0.500. The Morgan fingerprint density at radius 1 is 1.25 bits per heavy atom. The van der Waals surface area contributed by atoms with Gasteiger partial charge < -0.3 is 24.8 Å². The first kappa shape index (κ1) is 16.1. The van der Waals surface area contributed by atoms with Crippen molar-refractivity contribution in [1.29, 1.82) is 0 Å². The van der Waals surface area contributed by atoms with Crippen LogP contribution in [0.4, 0.5) is 5.69 Å². The third-order valence-electron chi connectivity index (χ3n) is 2.55. The van der Waals surface area contributed by atoms with Gasteiger partial charge in [0.25, 0.3) is 0 Å². The van der Waals surface area contributed by atoms with E-state index in [-0.39, 0.29) is 0 Å². The number of aliphatic imine (C=N–C) groups is 1. The molecule has 0 aromatic heterocycles.